The molecule has 2 spiro atoms. The minimum absolute atomic E-state index is 0.00597. The van der Waals surface area contributed by atoms with Crippen molar-refractivity contribution in [2.24, 2.45) is 9.98 Å². The number of hydrogen-bond donors (Lipinski definition) is 3. The molecule has 7 aliphatic heterocycles. The van der Waals surface area contributed by atoms with E-state index in [9.17, 15) is 62.4 Å². The molecule has 0 atom stereocenters. The van der Waals surface area contributed by atoms with E-state index in [-0.39, 0.29) is 155 Å². The third-order valence-electron chi connectivity index (χ3n) is 16.6. The lowest BCUT2D eigenvalue weighted by atomic mass is 9.89. The van der Waals surface area contributed by atoms with Gasteiger partial charge in [0.05, 0.1) is 62.3 Å². The van der Waals surface area contributed by atoms with Crippen molar-refractivity contribution in [1.29, 1.82) is 0 Å². The van der Waals surface area contributed by atoms with Crippen LogP contribution < -0.4 is 25.4 Å². The van der Waals surface area contributed by atoms with Crippen molar-refractivity contribution in [3.8, 4) is 11.5 Å². The number of aryl methyl sites for hydroxylation is 4. The van der Waals surface area contributed by atoms with Crippen molar-refractivity contribution in [2.45, 2.75) is 88.6 Å². The minimum atomic E-state index is -4.66. The SMILES string of the molecule is C=CCCOc1cc(C2=NC3(CCN(S(=O)(=O)CCc4ccc(C(=O)N(C)CCOCC=C)cc4C)CC3)C(=O)N2)cc(C(F)(F)F)c1.Cc1cc2ccc1CCS(=O)(=O)N1CCC3(CC1)N=C(NC3=O)c1cc(cc(C(F)(F)F)c1)OCC/C=C/COCCNC2=O.ClCCCl. The second-order valence-electron chi connectivity index (χ2n) is 23.4. The highest BCUT2D eigenvalue weighted by Gasteiger charge is 2.49. The molecular formula is C67H80Cl2F6N8O12S2. The van der Waals surface area contributed by atoms with E-state index >= 15 is 0 Å². The van der Waals surface area contributed by atoms with Gasteiger partial charge in [0.2, 0.25) is 20.0 Å². The lowest BCUT2D eigenvalue weighted by Gasteiger charge is -2.34. The fourth-order valence-corrected chi connectivity index (χ4v) is 14.0. The van der Waals surface area contributed by atoms with Crippen LogP contribution in [0.25, 0.3) is 0 Å². The molecule has 0 radical (unpaired) electrons. The van der Waals surface area contributed by atoms with Crippen molar-refractivity contribution in [2.75, 3.05) is 109 Å². The number of halogens is 8. The number of piperidine rings is 2. The Balaban J connectivity index is 0.000000259. The van der Waals surface area contributed by atoms with Gasteiger partial charge in [-0.2, -0.15) is 26.3 Å². The summed E-state index contributed by atoms with van der Waals surface area (Å²) >= 11 is 10.1. The Labute approximate surface area is 571 Å². The monoisotopic (exact) mass is 1440 g/mol. The average molecular weight is 1440 g/mol. The molecule has 4 aromatic rings. The number of benzene rings is 4. The van der Waals surface area contributed by atoms with Crippen LogP contribution in [0.1, 0.15) is 104 Å². The van der Waals surface area contributed by atoms with Gasteiger partial charge >= 0.3 is 12.4 Å². The fourth-order valence-electron chi connectivity index (χ4n) is 11.1. The van der Waals surface area contributed by atoms with Crippen LogP contribution in [-0.4, -0.2) is 186 Å². The Morgan fingerprint density at radius 2 is 1.40 bits per heavy atom. The first-order valence-corrected chi connectivity index (χ1v) is 35.6. The number of alkyl halides is 8. The first-order valence-electron chi connectivity index (χ1n) is 31.3. The summed E-state index contributed by atoms with van der Waals surface area (Å²) in [6.45, 7) is 13.2. The number of likely N-dealkylation sites (N-methyl/N-ethyl adjacent to an activating group) is 1. The van der Waals surface area contributed by atoms with Crippen LogP contribution >= 0.6 is 23.2 Å². The number of nitrogens with zero attached hydrogens (tertiary/aromatic N) is 5. The highest BCUT2D eigenvalue weighted by Crippen LogP contribution is 2.39. The van der Waals surface area contributed by atoms with Crippen LogP contribution in [0, 0.1) is 13.8 Å². The molecule has 97 heavy (non-hydrogen) atoms. The number of carbonyl (C=O) groups excluding carboxylic acids is 4. The minimum Gasteiger partial charge on any atom is -0.493 e. The summed E-state index contributed by atoms with van der Waals surface area (Å²) in [7, 11) is -5.72. The summed E-state index contributed by atoms with van der Waals surface area (Å²) < 4.78 is 160. The zero-order valence-electron chi connectivity index (χ0n) is 54.1. The number of carbonyl (C=O) groups is 4. The van der Waals surface area contributed by atoms with Crippen LogP contribution in [0.2, 0.25) is 0 Å². The summed E-state index contributed by atoms with van der Waals surface area (Å²) in [5, 5.41) is 8.02. The summed E-state index contributed by atoms with van der Waals surface area (Å²) in [6, 6.07) is 16.7. The molecule has 0 aliphatic carbocycles. The number of ether oxygens (including phenoxy) is 4. The number of sulfonamides is 2. The highest BCUT2D eigenvalue weighted by molar-refractivity contribution is 7.89. The molecule has 2 fully saturated rings. The van der Waals surface area contributed by atoms with Crippen LogP contribution in [0.5, 0.6) is 11.5 Å². The lowest BCUT2D eigenvalue weighted by molar-refractivity contribution is -0.138. The Bertz CT molecular complexity index is 3820. The molecule has 0 aromatic heterocycles. The van der Waals surface area contributed by atoms with Crippen LogP contribution in [-0.2, 0) is 64.3 Å². The number of hydrogen-bond acceptors (Lipinski definition) is 14. The smallest absolute Gasteiger partial charge is 0.416 e. The van der Waals surface area contributed by atoms with Crippen LogP contribution in [0.15, 0.2) is 120 Å². The van der Waals surface area contributed by atoms with E-state index in [4.69, 9.17) is 42.1 Å². The van der Waals surface area contributed by atoms with E-state index in [0.29, 0.717) is 55.5 Å². The van der Waals surface area contributed by atoms with E-state index in [0.717, 1.165) is 46.5 Å². The fraction of sp³-hybridized carbons (Fsp3) is 0.463. The second kappa shape index (κ2) is 34.5. The van der Waals surface area contributed by atoms with Gasteiger partial charge < -0.3 is 39.8 Å². The van der Waals surface area contributed by atoms with Gasteiger partial charge in [0.15, 0.2) is 0 Å². The van der Waals surface area contributed by atoms with Gasteiger partial charge in [0.25, 0.3) is 23.6 Å². The topological polar surface area (TPSA) is 244 Å². The van der Waals surface area contributed by atoms with E-state index in [1.165, 1.54) is 20.7 Å². The standard InChI is InChI=1S/C34H41F3N4O6S.C31H35F3N4O6S.C2H4Cl2/c1-5-7-17-47-29-22-27(21-28(23-29)34(35,36)37)30-38-32(43)33(39-30)11-13-41(14-12-33)48(44,45)19-10-25-8-9-26(20-24(25)3)31(42)40(4)15-18-46-16-6-2;1-21-17-23-6-5-22(21)7-16-45(41,42)38-11-8-30(9-12-38)29(40)36-27(37-30)24-18-25(31(32,33)34)20-26(19-24)44-14-4-2-3-13-43-15-10-35-28(23)39;3-1-2-4/h5-6,8-9,20-23H,1-2,7,10-19H2,3-4H3,(H,38,39,43);2-3,5-6,17-20H,4,7-16H2,1H3,(H,35,39)(H,36,37,40);1-2H2/b;3-2+;. The molecule has 0 saturated carbocycles. The number of nitrogens with one attached hydrogen (secondary N) is 3. The Morgan fingerprint density at radius 3 is 2.00 bits per heavy atom. The maximum absolute atomic E-state index is 13.8. The van der Waals surface area contributed by atoms with E-state index in [1.807, 2.05) is 13.8 Å². The highest BCUT2D eigenvalue weighted by atomic mass is 35.5. The normalized spacial score (nSPS) is 20.2. The quantitative estimate of drug-likeness (QED) is 0.0411. The average Bonchev–Trinajstić information content (AvgIpc) is 1.66. The largest absolute Gasteiger partial charge is 0.493 e. The number of amides is 4. The molecule has 0 unspecified atom stereocenters. The molecule has 4 aromatic carbocycles. The van der Waals surface area contributed by atoms with Gasteiger partial charge in [-0.3, -0.25) is 29.2 Å². The predicted octanol–water partition coefficient (Wildman–Crippen LogP) is 9.37. The molecule has 7 bridgehead atoms. The van der Waals surface area contributed by atoms with Crippen molar-refractivity contribution < 1.29 is 81.3 Å². The summed E-state index contributed by atoms with van der Waals surface area (Å²) in [6.07, 6.45) is -0.935. The molecular weight excluding hydrogens is 1360 g/mol. The van der Waals surface area contributed by atoms with Gasteiger partial charge in [-0.05, 0) is 148 Å². The predicted molar refractivity (Wildman–Crippen MR) is 359 cm³/mol. The van der Waals surface area contributed by atoms with Crippen molar-refractivity contribution >= 4 is 78.5 Å². The van der Waals surface area contributed by atoms with E-state index < -0.39 is 66.4 Å². The van der Waals surface area contributed by atoms with Crippen molar-refractivity contribution in [1.82, 2.24) is 29.5 Å². The van der Waals surface area contributed by atoms with Gasteiger partial charge in [-0.25, -0.2) is 25.4 Å². The summed E-state index contributed by atoms with van der Waals surface area (Å²) in [4.78, 5) is 62.2. The van der Waals surface area contributed by atoms with Gasteiger partial charge in [0.1, 0.15) is 34.2 Å². The van der Waals surface area contributed by atoms with Gasteiger partial charge in [0, 0.05) is 80.3 Å². The van der Waals surface area contributed by atoms with Crippen LogP contribution in [0.3, 0.4) is 0 Å². The Kier molecular flexibility index (Phi) is 27.5. The van der Waals surface area contributed by atoms with Crippen LogP contribution in [0.4, 0.5) is 26.3 Å². The second-order valence-corrected chi connectivity index (χ2v) is 28.4. The van der Waals surface area contributed by atoms with Crippen molar-refractivity contribution in [3.05, 3.63) is 166 Å². The van der Waals surface area contributed by atoms with Gasteiger partial charge in [-0.1, -0.05) is 36.4 Å². The molecule has 30 heteroatoms. The number of rotatable bonds is 16. The molecule has 20 nitrogen and oxygen atoms in total. The summed E-state index contributed by atoms with van der Waals surface area (Å²) in [5.41, 5.74) is -0.241. The molecule has 4 amide bonds. The molecule has 3 N–H and O–H groups in total. The van der Waals surface area contributed by atoms with Gasteiger partial charge in [-0.15, -0.1) is 36.4 Å². The molecule has 528 valence electrons. The van der Waals surface area contributed by atoms with E-state index in [1.54, 1.807) is 72.6 Å². The maximum Gasteiger partial charge on any atom is 0.416 e. The Hall–Kier alpha value is -7.18. The van der Waals surface area contributed by atoms with E-state index in [2.05, 4.69) is 39.1 Å². The number of aliphatic imine (C=N–C) groups is 2. The van der Waals surface area contributed by atoms with Crippen molar-refractivity contribution in [3.63, 3.8) is 0 Å². The first-order chi connectivity index (χ1) is 46.0. The zero-order chi connectivity index (χ0) is 70.8. The molecule has 7 heterocycles. The third-order valence-corrected chi connectivity index (χ3v) is 20.9. The molecule has 7 aliphatic rings. The third kappa shape index (κ3) is 21.2. The lowest BCUT2D eigenvalue weighted by Crippen LogP contribution is -2.50. The summed E-state index contributed by atoms with van der Waals surface area (Å²) in [5.74, 6) is -0.690. The Morgan fingerprint density at radius 1 is 0.773 bits per heavy atom. The number of fused-ring (bicyclic) bond motifs is 2. The molecule has 2 saturated heterocycles. The first kappa shape index (κ1) is 77.2. The zero-order valence-corrected chi connectivity index (χ0v) is 57.2. The molecule has 11 rings (SSSR count). The maximum atomic E-state index is 13.8. The number of amidine groups is 2.